The quantitative estimate of drug-likeness (QED) is 0.501. The first-order chi connectivity index (χ1) is 13.7. The highest BCUT2D eigenvalue weighted by Gasteiger charge is 2.30. The van der Waals surface area contributed by atoms with E-state index in [4.69, 9.17) is 25.8 Å². The number of carboxylic acids is 1. The molecule has 9 heteroatoms. The van der Waals surface area contributed by atoms with Gasteiger partial charge in [0.1, 0.15) is 11.3 Å². The van der Waals surface area contributed by atoms with Crippen molar-refractivity contribution in [2.24, 2.45) is 5.10 Å². The summed E-state index contributed by atoms with van der Waals surface area (Å²) in [6, 6.07) is 9.62. The second kappa shape index (κ2) is 9.29. The number of rotatable bonds is 8. The second-order valence-electron chi connectivity index (χ2n) is 6.34. The Morgan fingerprint density at radius 1 is 1.10 bits per heavy atom. The van der Waals surface area contributed by atoms with Crippen LogP contribution in [0.5, 0.6) is 17.2 Å². The van der Waals surface area contributed by atoms with E-state index >= 15 is 0 Å². The number of nitrogens with zero attached hydrogens (tertiary/aromatic N) is 1. The van der Waals surface area contributed by atoms with Gasteiger partial charge in [0.25, 0.3) is 5.91 Å². The van der Waals surface area contributed by atoms with Crippen molar-refractivity contribution in [1.82, 2.24) is 5.43 Å². The number of hydrazone groups is 1. The minimum atomic E-state index is -1.24. The Labute approximate surface area is 173 Å². The molecular weight excluding hydrogens is 400 g/mol. The smallest absolute Gasteiger partial charge is 0.340 e. The van der Waals surface area contributed by atoms with Crippen LogP contribution in [0.2, 0.25) is 5.02 Å². The molecule has 2 rings (SSSR count). The molecule has 0 bridgehead atoms. The number of aromatic carboxylic acids is 1. The third kappa shape index (κ3) is 5.39. The molecule has 0 aliphatic heterocycles. The van der Waals surface area contributed by atoms with Crippen molar-refractivity contribution in [3.05, 3.63) is 52.5 Å². The van der Waals surface area contributed by atoms with E-state index in [1.54, 1.807) is 44.2 Å². The van der Waals surface area contributed by atoms with Crippen LogP contribution < -0.4 is 19.6 Å². The average Bonchev–Trinajstić information content (AvgIpc) is 2.68. The fraction of sp³-hybridized carbons (Fsp3) is 0.250. The first-order valence-electron chi connectivity index (χ1n) is 8.46. The Morgan fingerprint density at radius 2 is 1.76 bits per heavy atom. The van der Waals surface area contributed by atoms with Gasteiger partial charge in [-0.05, 0) is 50.2 Å². The van der Waals surface area contributed by atoms with E-state index in [-0.39, 0.29) is 22.6 Å². The zero-order valence-electron chi connectivity index (χ0n) is 16.4. The molecule has 0 unspecified atom stereocenters. The molecule has 0 aliphatic carbocycles. The number of amides is 1. The molecule has 0 radical (unpaired) electrons. The second-order valence-corrected chi connectivity index (χ2v) is 6.77. The highest BCUT2D eigenvalue weighted by Crippen LogP contribution is 2.32. The molecule has 0 atom stereocenters. The van der Waals surface area contributed by atoms with Gasteiger partial charge in [0.15, 0.2) is 17.1 Å². The largest absolute Gasteiger partial charge is 0.493 e. The first kappa shape index (κ1) is 22.0. The van der Waals surface area contributed by atoms with Gasteiger partial charge in [0.05, 0.1) is 20.4 Å². The number of carboxylic acid groups (broad SMARTS) is 1. The van der Waals surface area contributed by atoms with Gasteiger partial charge in [0, 0.05) is 10.6 Å². The van der Waals surface area contributed by atoms with Crippen molar-refractivity contribution in [1.29, 1.82) is 0 Å². The Bertz CT molecular complexity index is 925. The Hall–Kier alpha value is -3.26. The molecule has 0 saturated carbocycles. The SMILES string of the molecule is COc1ccc(C=NNC(=O)C(C)(C)Oc2ccc(Cl)cc2)c(C(=O)O)c1OC. The number of hydrogen-bond acceptors (Lipinski definition) is 6. The summed E-state index contributed by atoms with van der Waals surface area (Å²) in [5, 5.41) is 13.9. The van der Waals surface area contributed by atoms with Crippen molar-refractivity contribution < 1.29 is 28.9 Å². The lowest BCUT2D eigenvalue weighted by atomic mass is 10.1. The van der Waals surface area contributed by atoms with Gasteiger partial charge in [-0.1, -0.05) is 11.6 Å². The molecule has 0 aliphatic rings. The predicted molar refractivity (Wildman–Crippen MR) is 108 cm³/mol. The molecule has 0 fully saturated rings. The zero-order chi connectivity index (χ0) is 21.6. The van der Waals surface area contributed by atoms with E-state index in [0.717, 1.165) is 0 Å². The maximum atomic E-state index is 12.4. The standard InChI is InChI=1S/C20H21ClN2O6/c1-20(2,29-14-8-6-13(21)7-9-14)19(26)23-22-11-12-5-10-15(27-3)17(28-4)16(12)18(24)25/h5-11H,1-4H3,(H,23,26)(H,24,25). The average molecular weight is 421 g/mol. The van der Waals surface area contributed by atoms with Crippen LogP contribution in [-0.2, 0) is 4.79 Å². The molecule has 2 aromatic rings. The third-order valence-corrected chi connectivity index (χ3v) is 4.15. The first-order valence-corrected chi connectivity index (χ1v) is 8.83. The minimum absolute atomic E-state index is 0.0571. The van der Waals surface area contributed by atoms with E-state index in [1.807, 2.05) is 0 Å². The number of methoxy groups -OCH3 is 2. The highest BCUT2D eigenvalue weighted by molar-refractivity contribution is 6.30. The monoisotopic (exact) mass is 420 g/mol. The molecular formula is C20H21ClN2O6. The summed E-state index contributed by atoms with van der Waals surface area (Å²) in [5.41, 5.74) is 1.20. The number of carbonyl (C=O) groups is 2. The van der Waals surface area contributed by atoms with Crippen molar-refractivity contribution in [2.45, 2.75) is 19.4 Å². The molecule has 2 aromatic carbocycles. The minimum Gasteiger partial charge on any atom is -0.493 e. The van der Waals surface area contributed by atoms with Gasteiger partial charge in [0.2, 0.25) is 0 Å². The fourth-order valence-electron chi connectivity index (χ4n) is 2.41. The molecule has 2 N–H and O–H groups in total. The van der Waals surface area contributed by atoms with E-state index in [0.29, 0.717) is 10.8 Å². The van der Waals surface area contributed by atoms with Crippen molar-refractivity contribution >= 4 is 29.7 Å². The van der Waals surface area contributed by atoms with E-state index in [1.165, 1.54) is 26.5 Å². The van der Waals surface area contributed by atoms with E-state index in [2.05, 4.69) is 10.5 Å². The van der Waals surface area contributed by atoms with Crippen molar-refractivity contribution in [3.63, 3.8) is 0 Å². The zero-order valence-corrected chi connectivity index (χ0v) is 17.1. The van der Waals surface area contributed by atoms with Gasteiger partial charge in [-0.25, -0.2) is 10.2 Å². The van der Waals surface area contributed by atoms with E-state index in [9.17, 15) is 14.7 Å². The molecule has 0 aromatic heterocycles. The molecule has 0 saturated heterocycles. The Balaban J connectivity index is 2.17. The summed E-state index contributed by atoms with van der Waals surface area (Å²) in [7, 11) is 2.74. The van der Waals surface area contributed by atoms with Crippen LogP contribution in [0.15, 0.2) is 41.5 Å². The van der Waals surface area contributed by atoms with Gasteiger partial charge < -0.3 is 19.3 Å². The van der Waals surface area contributed by atoms with Crippen LogP contribution in [0.1, 0.15) is 29.8 Å². The maximum Gasteiger partial charge on any atom is 0.340 e. The number of nitrogens with one attached hydrogen (secondary N) is 1. The fourth-order valence-corrected chi connectivity index (χ4v) is 2.54. The van der Waals surface area contributed by atoms with Crippen LogP contribution in [0.3, 0.4) is 0 Å². The topological polar surface area (TPSA) is 106 Å². The van der Waals surface area contributed by atoms with E-state index < -0.39 is 17.5 Å². The van der Waals surface area contributed by atoms with Crippen LogP contribution in [0, 0.1) is 0 Å². The lowest BCUT2D eigenvalue weighted by molar-refractivity contribution is -0.134. The lowest BCUT2D eigenvalue weighted by Crippen LogP contribution is -2.44. The van der Waals surface area contributed by atoms with Gasteiger partial charge in [-0.15, -0.1) is 0 Å². The van der Waals surface area contributed by atoms with Gasteiger partial charge in [-0.2, -0.15) is 5.10 Å². The van der Waals surface area contributed by atoms with Crippen molar-refractivity contribution in [3.8, 4) is 17.2 Å². The maximum absolute atomic E-state index is 12.4. The molecule has 29 heavy (non-hydrogen) atoms. The van der Waals surface area contributed by atoms with Crippen molar-refractivity contribution in [2.75, 3.05) is 14.2 Å². The Kier molecular flexibility index (Phi) is 7.06. The summed E-state index contributed by atoms with van der Waals surface area (Å²) in [6.07, 6.45) is 1.21. The number of hydrogen-bond donors (Lipinski definition) is 2. The van der Waals surface area contributed by atoms with Crippen LogP contribution in [0.25, 0.3) is 0 Å². The van der Waals surface area contributed by atoms with Crippen LogP contribution in [-0.4, -0.2) is 43.0 Å². The van der Waals surface area contributed by atoms with Gasteiger partial charge >= 0.3 is 5.97 Å². The summed E-state index contributed by atoms with van der Waals surface area (Å²) in [6.45, 7) is 3.15. The lowest BCUT2D eigenvalue weighted by Gasteiger charge is -2.24. The number of ether oxygens (including phenoxy) is 3. The van der Waals surface area contributed by atoms with Crippen LogP contribution >= 0.6 is 11.6 Å². The molecule has 0 spiro atoms. The summed E-state index contributed by atoms with van der Waals surface area (Å²) < 4.78 is 15.9. The molecule has 8 nitrogen and oxygen atoms in total. The molecule has 154 valence electrons. The summed E-state index contributed by atoms with van der Waals surface area (Å²) >= 11 is 5.84. The Morgan fingerprint density at radius 3 is 2.31 bits per heavy atom. The van der Waals surface area contributed by atoms with Gasteiger partial charge in [-0.3, -0.25) is 4.79 Å². The van der Waals surface area contributed by atoms with Crippen LogP contribution in [0.4, 0.5) is 0 Å². The number of benzene rings is 2. The summed E-state index contributed by atoms with van der Waals surface area (Å²) in [4.78, 5) is 24.1. The number of carbonyl (C=O) groups excluding carboxylic acids is 1. The number of halogens is 1. The molecule has 1 amide bonds. The molecule has 0 heterocycles. The summed E-state index contributed by atoms with van der Waals surface area (Å²) in [5.74, 6) is -0.960. The highest BCUT2D eigenvalue weighted by atomic mass is 35.5. The normalized spacial score (nSPS) is 11.2. The predicted octanol–water partition coefficient (Wildman–Crippen LogP) is 3.36. The third-order valence-electron chi connectivity index (χ3n) is 3.89.